The molecule has 24 heavy (non-hydrogen) atoms. The molecule has 0 aliphatic carbocycles. The number of rotatable bonds is 5. The van der Waals surface area contributed by atoms with Crippen LogP contribution in [-0.4, -0.2) is 33.9 Å². The molecule has 0 amide bonds. The number of hydrogen-bond acceptors (Lipinski definition) is 5. The summed E-state index contributed by atoms with van der Waals surface area (Å²) in [4.78, 5) is 16.7. The van der Waals surface area contributed by atoms with Gasteiger partial charge >= 0.3 is 0 Å². The van der Waals surface area contributed by atoms with Crippen LogP contribution in [0.15, 0.2) is 42.6 Å². The van der Waals surface area contributed by atoms with E-state index in [-0.39, 0.29) is 11.7 Å². The Hall–Kier alpha value is -2.18. The van der Waals surface area contributed by atoms with E-state index in [0.717, 1.165) is 24.5 Å². The lowest BCUT2D eigenvalue weighted by Crippen LogP contribution is -2.28. The lowest BCUT2D eigenvalue weighted by atomic mass is 10.1. The molecule has 1 fully saturated rings. The fourth-order valence-corrected chi connectivity index (χ4v) is 3.12. The molecule has 3 rings (SSSR count). The van der Waals surface area contributed by atoms with Crippen LogP contribution in [0, 0.1) is 10.1 Å². The minimum Gasteiger partial charge on any atom is -0.366 e. The van der Waals surface area contributed by atoms with Gasteiger partial charge in [-0.1, -0.05) is 23.7 Å². The summed E-state index contributed by atoms with van der Waals surface area (Å²) in [6.07, 6.45) is 2.29. The molecule has 1 aliphatic heterocycles. The maximum atomic E-state index is 10.7. The number of likely N-dealkylation sites (tertiary alicyclic amines) is 1. The van der Waals surface area contributed by atoms with Crippen LogP contribution in [0.1, 0.15) is 24.9 Å². The number of nitro groups is 1. The van der Waals surface area contributed by atoms with Gasteiger partial charge in [-0.05, 0) is 37.1 Å². The first kappa shape index (κ1) is 16.7. The molecule has 2 unspecified atom stereocenters. The molecule has 6 nitrogen and oxygen atoms in total. The van der Waals surface area contributed by atoms with E-state index in [1.807, 2.05) is 12.1 Å². The fraction of sp³-hybridized carbons (Fsp3) is 0.353. The highest BCUT2D eigenvalue weighted by Crippen LogP contribution is 2.27. The molecular formula is C17H19ClN4O2. The van der Waals surface area contributed by atoms with Crippen molar-refractivity contribution in [3.63, 3.8) is 0 Å². The predicted octanol–water partition coefficient (Wildman–Crippen LogP) is 3.89. The maximum absolute atomic E-state index is 10.7. The molecule has 1 aromatic heterocycles. The standard InChI is InChI=1S/C17H19ClN4O2/c1-12(13-2-4-14(18)5-3-13)21-9-8-15(11-21)20-17-7-6-16(10-19-17)22(23)24/h2-7,10,12,15H,8-9,11H2,1H3,(H,19,20). The van der Waals surface area contributed by atoms with Crippen molar-refractivity contribution in [2.45, 2.75) is 25.4 Å². The highest BCUT2D eigenvalue weighted by molar-refractivity contribution is 6.30. The van der Waals surface area contributed by atoms with Crippen molar-refractivity contribution in [2.24, 2.45) is 0 Å². The van der Waals surface area contributed by atoms with Gasteiger partial charge in [-0.15, -0.1) is 0 Å². The summed E-state index contributed by atoms with van der Waals surface area (Å²) in [6.45, 7) is 4.09. The predicted molar refractivity (Wildman–Crippen MR) is 94.4 cm³/mol. The van der Waals surface area contributed by atoms with Crippen LogP contribution >= 0.6 is 11.6 Å². The summed E-state index contributed by atoms with van der Waals surface area (Å²) in [5.74, 6) is 0.673. The van der Waals surface area contributed by atoms with E-state index in [1.54, 1.807) is 6.07 Å². The molecule has 0 bridgehead atoms. The fourth-order valence-electron chi connectivity index (χ4n) is 3.00. The molecule has 1 aromatic carbocycles. The van der Waals surface area contributed by atoms with Crippen LogP contribution in [0.3, 0.4) is 0 Å². The Morgan fingerprint density at radius 3 is 2.71 bits per heavy atom. The smallest absolute Gasteiger partial charge is 0.287 e. The van der Waals surface area contributed by atoms with Gasteiger partial charge in [-0.2, -0.15) is 0 Å². The van der Waals surface area contributed by atoms with Crippen molar-refractivity contribution in [2.75, 3.05) is 18.4 Å². The van der Waals surface area contributed by atoms with Crippen molar-refractivity contribution < 1.29 is 4.92 Å². The molecule has 2 aromatic rings. The molecule has 0 saturated carbocycles. The molecule has 7 heteroatoms. The Balaban J connectivity index is 1.58. The van der Waals surface area contributed by atoms with Gasteiger partial charge in [0, 0.05) is 36.3 Å². The van der Waals surface area contributed by atoms with E-state index in [0.29, 0.717) is 11.9 Å². The molecule has 1 saturated heterocycles. The number of anilines is 1. The average molecular weight is 347 g/mol. The lowest BCUT2D eigenvalue weighted by Gasteiger charge is -2.25. The summed E-state index contributed by atoms with van der Waals surface area (Å²) >= 11 is 5.95. The minimum atomic E-state index is -0.443. The van der Waals surface area contributed by atoms with Crippen molar-refractivity contribution in [1.29, 1.82) is 0 Å². The van der Waals surface area contributed by atoms with Crippen LogP contribution in [0.25, 0.3) is 0 Å². The number of nitrogens with zero attached hydrogens (tertiary/aromatic N) is 3. The quantitative estimate of drug-likeness (QED) is 0.657. The van der Waals surface area contributed by atoms with Gasteiger partial charge in [0.15, 0.2) is 0 Å². The SMILES string of the molecule is CC(c1ccc(Cl)cc1)N1CCC(Nc2ccc([N+](=O)[O-])cn2)C1. The van der Waals surface area contributed by atoms with E-state index in [4.69, 9.17) is 11.6 Å². The van der Waals surface area contributed by atoms with E-state index in [9.17, 15) is 10.1 Å². The average Bonchev–Trinajstić information content (AvgIpc) is 3.04. The second kappa shape index (κ2) is 7.15. The second-order valence-corrected chi connectivity index (χ2v) is 6.45. The number of hydrogen-bond donors (Lipinski definition) is 1. The number of pyridine rings is 1. The molecule has 2 heterocycles. The van der Waals surface area contributed by atoms with Crippen molar-refractivity contribution in [3.8, 4) is 0 Å². The van der Waals surface area contributed by atoms with Gasteiger partial charge in [0.05, 0.1) is 4.92 Å². The zero-order valence-corrected chi connectivity index (χ0v) is 14.1. The summed E-state index contributed by atoms with van der Waals surface area (Å²) in [5.41, 5.74) is 1.25. The zero-order chi connectivity index (χ0) is 17.1. The third-order valence-corrected chi connectivity index (χ3v) is 4.68. The highest BCUT2D eigenvalue weighted by Gasteiger charge is 2.27. The first-order valence-electron chi connectivity index (χ1n) is 7.89. The number of aromatic nitrogens is 1. The highest BCUT2D eigenvalue weighted by atomic mass is 35.5. The van der Waals surface area contributed by atoms with Crippen molar-refractivity contribution in [1.82, 2.24) is 9.88 Å². The Bertz CT molecular complexity index is 706. The van der Waals surface area contributed by atoms with Crippen molar-refractivity contribution in [3.05, 3.63) is 63.3 Å². The molecule has 0 radical (unpaired) electrons. The number of nitrogens with one attached hydrogen (secondary N) is 1. The zero-order valence-electron chi connectivity index (χ0n) is 13.4. The topological polar surface area (TPSA) is 71.3 Å². The molecule has 1 N–H and O–H groups in total. The van der Waals surface area contributed by atoms with E-state index in [2.05, 4.69) is 34.3 Å². The summed E-state index contributed by atoms with van der Waals surface area (Å²) in [5, 5.41) is 14.8. The third kappa shape index (κ3) is 3.83. The third-order valence-electron chi connectivity index (χ3n) is 4.43. The Morgan fingerprint density at radius 1 is 1.33 bits per heavy atom. The number of benzene rings is 1. The molecular weight excluding hydrogens is 328 g/mol. The van der Waals surface area contributed by atoms with Crippen molar-refractivity contribution >= 4 is 23.1 Å². The van der Waals surface area contributed by atoms with Crippen LogP contribution in [0.5, 0.6) is 0 Å². The summed E-state index contributed by atoms with van der Waals surface area (Å²) < 4.78 is 0. The van der Waals surface area contributed by atoms with Crippen LogP contribution in [0.4, 0.5) is 11.5 Å². The van der Waals surface area contributed by atoms with Gasteiger partial charge < -0.3 is 5.32 Å². The summed E-state index contributed by atoms with van der Waals surface area (Å²) in [7, 11) is 0. The maximum Gasteiger partial charge on any atom is 0.287 e. The Morgan fingerprint density at radius 2 is 2.08 bits per heavy atom. The molecule has 0 spiro atoms. The van der Waals surface area contributed by atoms with Gasteiger partial charge in [0.2, 0.25) is 0 Å². The van der Waals surface area contributed by atoms with Crippen LogP contribution in [0.2, 0.25) is 5.02 Å². The van der Waals surface area contributed by atoms with E-state index < -0.39 is 4.92 Å². The van der Waals surface area contributed by atoms with Gasteiger partial charge in [0.25, 0.3) is 5.69 Å². The second-order valence-electron chi connectivity index (χ2n) is 6.01. The van der Waals surface area contributed by atoms with Gasteiger partial charge in [-0.25, -0.2) is 4.98 Å². The Labute approximate surface area is 145 Å². The molecule has 2 atom stereocenters. The van der Waals surface area contributed by atoms with Crippen LogP contribution in [-0.2, 0) is 0 Å². The minimum absolute atomic E-state index is 0.00459. The first-order valence-corrected chi connectivity index (χ1v) is 8.27. The molecule has 1 aliphatic rings. The largest absolute Gasteiger partial charge is 0.366 e. The first-order chi connectivity index (χ1) is 11.5. The summed E-state index contributed by atoms with van der Waals surface area (Å²) in [6, 6.07) is 11.7. The van der Waals surface area contributed by atoms with Gasteiger partial charge in [-0.3, -0.25) is 15.0 Å². The van der Waals surface area contributed by atoms with E-state index in [1.165, 1.54) is 17.8 Å². The number of halogens is 1. The monoisotopic (exact) mass is 346 g/mol. The van der Waals surface area contributed by atoms with Gasteiger partial charge in [0.1, 0.15) is 12.0 Å². The molecule has 126 valence electrons. The van der Waals surface area contributed by atoms with E-state index >= 15 is 0 Å². The normalized spacial score (nSPS) is 19.2. The lowest BCUT2D eigenvalue weighted by molar-refractivity contribution is -0.385. The Kier molecular flexibility index (Phi) is 4.97. The van der Waals surface area contributed by atoms with Crippen LogP contribution < -0.4 is 5.32 Å².